The van der Waals surface area contributed by atoms with Crippen LogP contribution >= 0.6 is 11.6 Å². The van der Waals surface area contributed by atoms with Crippen LogP contribution < -0.4 is 0 Å². The molecule has 0 fully saturated rings. The van der Waals surface area contributed by atoms with Crippen molar-refractivity contribution in [1.29, 1.82) is 0 Å². The molecule has 1 aromatic carbocycles. The van der Waals surface area contributed by atoms with Gasteiger partial charge in [0.2, 0.25) is 0 Å². The van der Waals surface area contributed by atoms with Gasteiger partial charge in [-0.3, -0.25) is 4.55 Å². The van der Waals surface area contributed by atoms with Gasteiger partial charge in [-0.15, -0.1) is 0 Å². The van der Waals surface area contributed by atoms with Crippen molar-refractivity contribution in [3.63, 3.8) is 0 Å². The summed E-state index contributed by atoms with van der Waals surface area (Å²) in [6.07, 6.45) is -13.3. The van der Waals surface area contributed by atoms with Crippen molar-refractivity contribution in [2.24, 2.45) is 0 Å². The summed E-state index contributed by atoms with van der Waals surface area (Å²) in [5, 5.41) is 0.146. The van der Waals surface area contributed by atoms with Gasteiger partial charge in [0.05, 0.1) is 4.91 Å². The molecule has 0 aliphatic rings. The number of hydrogen-bond donors (Lipinski definition) is 1. The van der Waals surface area contributed by atoms with Crippen LogP contribution in [0, 0.1) is 0 Å². The van der Waals surface area contributed by atoms with Crippen molar-refractivity contribution in [3.05, 3.63) is 45.3 Å². The first-order valence-corrected chi connectivity index (χ1v) is 7.14. The Morgan fingerprint density at radius 2 is 1.41 bits per heavy atom. The van der Waals surface area contributed by atoms with Crippen LogP contribution in [0.4, 0.5) is 26.3 Å². The van der Waals surface area contributed by atoms with Gasteiger partial charge in [-0.2, -0.15) is 34.8 Å². The van der Waals surface area contributed by atoms with Crippen LogP contribution in [-0.2, 0) is 16.5 Å². The molecular weight excluding hydrogens is 362 g/mol. The molecule has 0 spiro atoms. The average molecular weight is 369 g/mol. The third kappa shape index (κ3) is 4.89. The van der Waals surface area contributed by atoms with Crippen LogP contribution in [0.1, 0.15) is 5.56 Å². The molecule has 0 saturated carbocycles. The van der Waals surface area contributed by atoms with E-state index in [9.17, 15) is 34.8 Å². The largest absolute Gasteiger partial charge is 0.422 e. The van der Waals surface area contributed by atoms with Gasteiger partial charge in [-0.1, -0.05) is 23.7 Å². The van der Waals surface area contributed by atoms with Crippen molar-refractivity contribution in [2.75, 3.05) is 0 Å². The smallest absolute Gasteiger partial charge is 0.282 e. The predicted octanol–water partition coefficient (Wildman–Crippen LogP) is 4.15. The first-order chi connectivity index (χ1) is 9.73. The zero-order valence-electron chi connectivity index (χ0n) is 10.3. The first-order valence-electron chi connectivity index (χ1n) is 5.32. The fourth-order valence-electron chi connectivity index (χ4n) is 1.57. The Labute approximate surface area is 125 Å². The molecule has 1 aromatic rings. The Balaban J connectivity index is 3.57. The topological polar surface area (TPSA) is 54.4 Å². The van der Waals surface area contributed by atoms with E-state index in [4.69, 9.17) is 16.2 Å². The zero-order valence-corrected chi connectivity index (χ0v) is 11.9. The molecule has 124 valence electrons. The lowest BCUT2D eigenvalue weighted by atomic mass is 10.1. The normalized spacial score (nSPS) is 13.1. The van der Waals surface area contributed by atoms with Gasteiger partial charge in [0.15, 0.2) is 5.57 Å². The molecule has 0 aliphatic carbocycles. The molecule has 0 aliphatic heterocycles. The quantitative estimate of drug-likeness (QED) is 0.644. The van der Waals surface area contributed by atoms with Gasteiger partial charge in [0, 0.05) is 11.4 Å². The van der Waals surface area contributed by atoms with Gasteiger partial charge < -0.3 is 0 Å². The van der Waals surface area contributed by atoms with Crippen LogP contribution in [0.15, 0.2) is 34.7 Å². The van der Waals surface area contributed by atoms with E-state index in [1.54, 1.807) is 0 Å². The fourth-order valence-corrected chi connectivity index (χ4v) is 2.54. The monoisotopic (exact) mass is 368 g/mol. The third-order valence-electron chi connectivity index (χ3n) is 2.44. The summed E-state index contributed by atoms with van der Waals surface area (Å²) in [4.78, 5) is -2.17. The van der Waals surface area contributed by atoms with E-state index in [1.807, 2.05) is 0 Å². The second-order valence-corrected chi connectivity index (χ2v) is 5.95. The van der Waals surface area contributed by atoms with Gasteiger partial charge in [0.25, 0.3) is 10.1 Å². The third-order valence-corrected chi connectivity index (χ3v) is 3.66. The molecule has 1 N–H and O–H groups in total. The lowest BCUT2D eigenvalue weighted by Gasteiger charge is -2.18. The maximum atomic E-state index is 12.6. The summed E-state index contributed by atoms with van der Waals surface area (Å²) in [6.45, 7) is 0. The number of alkyl halides is 6. The highest BCUT2D eigenvalue weighted by Crippen LogP contribution is 2.42. The fraction of sp³-hybridized carbons (Fsp3) is 0.273. The van der Waals surface area contributed by atoms with E-state index in [-0.39, 0.29) is 10.6 Å². The number of hydrogen-bond acceptors (Lipinski definition) is 2. The molecule has 0 radical (unpaired) electrons. The highest BCUT2D eigenvalue weighted by atomic mass is 35.5. The van der Waals surface area contributed by atoms with Gasteiger partial charge in [-0.25, -0.2) is 0 Å². The Bertz CT molecular complexity index is 657. The summed E-state index contributed by atoms with van der Waals surface area (Å²) in [6, 6.07) is 4.38. The summed E-state index contributed by atoms with van der Waals surface area (Å²) in [5.41, 5.74) is -3.47. The van der Waals surface area contributed by atoms with Crippen LogP contribution in [0.25, 0.3) is 0 Å². The van der Waals surface area contributed by atoms with Crippen LogP contribution in [0.3, 0.4) is 0 Å². The predicted molar refractivity (Wildman–Crippen MR) is 65.8 cm³/mol. The zero-order chi connectivity index (χ0) is 17.3. The Morgan fingerprint density at radius 3 is 1.73 bits per heavy atom. The standard InChI is InChI=1S/C11H7ClF6O3S/c12-7-3-1-6(2-4-7)5-8(22(19,20)21)9(10(13,14)15)11(16,17)18/h1-4H,5H2,(H,19,20,21). The van der Waals surface area contributed by atoms with Crippen molar-refractivity contribution in [3.8, 4) is 0 Å². The van der Waals surface area contributed by atoms with E-state index in [0.717, 1.165) is 24.3 Å². The summed E-state index contributed by atoms with van der Waals surface area (Å²) in [5.74, 6) is 0. The highest BCUT2D eigenvalue weighted by Gasteiger charge is 2.54. The molecule has 0 unspecified atom stereocenters. The van der Waals surface area contributed by atoms with Crippen molar-refractivity contribution in [2.45, 2.75) is 18.8 Å². The number of rotatable bonds is 3. The summed E-state index contributed by atoms with van der Waals surface area (Å²) >= 11 is 5.51. The van der Waals surface area contributed by atoms with E-state index in [0.29, 0.717) is 0 Å². The highest BCUT2D eigenvalue weighted by molar-refractivity contribution is 7.89. The Morgan fingerprint density at radius 1 is 1.00 bits per heavy atom. The Kier molecular flexibility index (Phi) is 5.20. The average Bonchev–Trinajstić information content (AvgIpc) is 2.26. The number of benzene rings is 1. The molecule has 0 aromatic heterocycles. The minimum atomic E-state index is -6.00. The van der Waals surface area contributed by atoms with Gasteiger partial charge in [-0.05, 0) is 17.7 Å². The van der Waals surface area contributed by atoms with Gasteiger partial charge in [0.1, 0.15) is 0 Å². The van der Waals surface area contributed by atoms with Gasteiger partial charge >= 0.3 is 12.4 Å². The molecule has 11 heteroatoms. The Hall–Kier alpha value is -1.26. The summed E-state index contributed by atoms with van der Waals surface area (Å²) in [7, 11) is -5.73. The molecule has 0 saturated heterocycles. The van der Waals surface area contributed by atoms with Crippen LogP contribution in [0.5, 0.6) is 0 Å². The molecule has 22 heavy (non-hydrogen) atoms. The number of allylic oxidation sites excluding steroid dienone is 2. The van der Waals surface area contributed by atoms with E-state index < -0.39 is 39.4 Å². The first kappa shape index (κ1) is 18.8. The molecule has 0 amide bonds. The SMILES string of the molecule is O=S(=O)(O)C(Cc1ccc(Cl)cc1)=C(C(F)(F)F)C(F)(F)F. The van der Waals surface area contributed by atoms with Crippen molar-refractivity contribution in [1.82, 2.24) is 0 Å². The minimum Gasteiger partial charge on any atom is -0.282 e. The van der Waals surface area contributed by atoms with Crippen LogP contribution in [-0.4, -0.2) is 25.3 Å². The van der Waals surface area contributed by atoms with Crippen LogP contribution in [0.2, 0.25) is 5.02 Å². The van der Waals surface area contributed by atoms with E-state index in [1.165, 1.54) is 0 Å². The maximum absolute atomic E-state index is 12.6. The minimum absolute atomic E-state index is 0.146. The lowest BCUT2D eigenvalue weighted by molar-refractivity contribution is -0.172. The van der Waals surface area contributed by atoms with Crippen molar-refractivity contribution < 1.29 is 39.3 Å². The molecule has 0 atom stereocenters. The second-order valence-electron chi connectivity index (χ2n) is 4.07. The molecule has 0 heterocycles. The van der Waals surface area contributed by atoms with Crippen molar-refractivity contribution >= 4 is 21.7 Å². The number of halogens is 7. The summed E-state index contributed by atoms with van der Waals surface area (Å²) < 4.78 is 106. The molecule has 3 nitrogen and oxygen atoms in total. The molecule has 0 bridgehead atoms. The second kappa shape index (κ2) is 6.09. The van der Waals surface area contributed by atoms with E-state index in [2.05, 4.69) is 0 Å². The van der Waals surface area contributed by atoms with E-state index >= 15 is 0 Å². The molecule has 1 rings (SSSR count). The lowest BCUT2D eigenvalue weighted by Crippen LogP contribution is -2.30. The molecular formula is C11H7ClF6O3S. The maximum Gasteiger partial charge on any atom is 0.422 e.